The Morgan fingerprint density at radius 3 is 2.55 bits per heavy atom. The van der Waals surface area contributed by atoms with Crippen LogP contribution in [0.15, 0.2) is 48.9 Å². The van der Waals surface area contributed by atoms with Crippen LogP contribution < -0.4 is 28.1 Å². The Balaban J connectivity index is 0.000000221. The van der Waals surface area contributed by atoms with Gasteiger partial charge in [-0.1, -0.05) is 12.1 Å². The molecule has 1 aliphatic rings. The van der Waals surface area contributed by atoms with Crippen molar-refractivity contribution in [2.75, 3.05) is 18.8 Å². The molecule has 10 heteroatoms. The van der Waals surface area contributed by atoms with E-state index in [1.807, 2.05) is 0 Å². The predicted molar refractivity (Wildman–Crippen MR) is 106 cm³/mol. The minimum Gasteiger partial charge on any atom is -0.397 e. The molecule has 0 amide bonds. The largest absolute Gasteiger partial charge is 0.416 e. The van der Waals surface area contributed by atoms with Crippen LogP contribution in [0.3, 0.4) is 0 Å². The lowest BCUT2D eigenvalue weighted by molar-refractivity contribution is -0.137. The first-order valence-electron chi connectivity index (χ1n) is 8.90. The summed E-state index contributed by atoms with van der Waals surface area (Å²) in [6.07, 6.45) is 1.50. The van der Waals surface area contributed by atoms with E-state index in [9.17, 15) is 13.2 Å². The van der Waals surface area contributed by atoms with Crippen LogP contribution in [-0.2, 0) is 17.5 Å². The summed E-state index contributed by atoms with van der Waals surface area (Å²) in [4.78, 5) is 3.87. The molecular weight excluding hydrogens is 385 g/mol. The van der Waals surface area contributed by atoms with Crippen LogP contribution in [0.25, 0.3) is 5.70 Å². The highest BCUT2D eigenvalue weighted by atomic mass is 19.4. The molecule has 1 aromatic heterocycles. The van der Waals surface area contributed by atoms with Crippen molar-refractivity contribution in [3.8, 4) is 0 Å². The molecule has 29 heavy (non-hydrogen) atoms. The minimum atomic E-state index is -4.27. The average Bonchev–Trinajstić information content (AvgIpc) is 3.20. The summed E-state index contributed by atoms with van der Waals surface area (Å²) in [6, 6.07) is 6.82. The Morgan fingerprint density at radius 2 is 2.00 bits per heavy atom. The zero-order valence-electron chi connectivity index (χ0n) is 15.7. The van der Waals surface area contributed by atoms with Crippen LogP contribution >= 0.6 is 0 Å². The minimum absolute atomic E-state index is 0.178. The van der Waals surface area contributed by atoms with Gasteiger partial charge in [0.05, 0.1) is 29.7 Å². The van der Waals surface area contributed by atoms with E-state index in [0.29, 0.717) is 18.0 Å². The van der Waals surface area contributed by atoms with Crippen molar-refractivity contribution < 1.29 is 17.9 Å². The van der Waals surface area contributed by atoms with Crippen molar-refractivity contribution in [2.24, 2.45) is 11.6 Å². The number of halogens is 3. The molecule has 1 aliphatic heterocycles. The van der Waals surface area contributed by atoms with Crippen molar-refractivity contribution in [1.29, 1.82) is 0 Å². The number of pyridine rings is 1. The Labute approximate surface area is 167 Å². The number of benzene rings is 1. The first-order valence-corrected chi connectivity index (χ1v) is 8.90. The van der Waals surface area contributed by atoms with E-state index in [1.165, 1.54) is 18.3 Å². The number of ether oxygens (including phenoxy) is 1. The first-order chi connectivity index (χ1) is 13.8. The van der Waals surface area contributed by atoms with Crippen molar-refractivity contribution in [3.63, 3.8) is 0 Å². The number of nitrogen functional groups attached to an aromatic ring is 1. The van der Waals surface area contributed by atoms with Gasteiger partial charge in [-0.2, -0.15) is 13.2 Å². The van der Waals surface area contributed by atoms with E-state index >= 15 is 0 Å². The van der Waals surface area contributed by atoms with Gasteiger partial charge in [-0.3, -0.25) is 10.8 Å². The number of rotatable bonds is 5. The van der Waals surface area contributed by atoms with Gasteiger partial charge < -0.3 is 26.9 Å². The predicted octanol–water partition coefficient (Wildman–Crippen LogP) is 1.97. The number of nitrogens with zero attached hydrogens (tertiary/aromatic N) is 1. The Morgan fingerprint density at radius 1 is 1.28 bits per heavy atom. The van der Waals surface area contributed by atoms with Gasteiger partial charge in [-0.15, -0.1) is 0 Å². The number of alkyl halides is 3. The summed E-state index contributed by atoms with van der Waals surface area (Å²) in [7, 11) is 0. The molecule has 1 aromatic carbocycles. The topological polar surface area (TPSA) is 124 Å². The summed E-state index contributed by atoms with van der Waals surface area (Å²) < 4.78 is 42.5. The fourth-order valence-electron chi connectivity index (χ4n) is 2.56. The molecule has 1 atom stereocenters. The highest BCUT2D eigenvalue weighted by molar-refractivity contribution is 5.64. The van der Waals surface area contributed by atoms with Crippen LogP contribution in [0.1, 0.15) is 23.1 Å². The normalized spacial score (nSPS) is 16.8. The van der Waals surface area contributed by atoms with E-state index in [-0.39, 0.29) is 6.10 Å². The lowest BCUT2D eigenvalue weighted by atomic mass is 10.1. The van der Waals surface area contributed by atoms with Crippen LogP contribution in [0.2, 0.25) is 0 Å². The summed E-state index contributed by atoms with van der Waals surface area (Å²) in [5.41, 5.74) is 15.4. The third kappa shape index (κ3) is 7.60. The highest BCUT2D eigenvalue weighted by Gasteiger charge is 2.29. The Bertz CT molecular complexity index is 789. The fourth-order valence-corrected chi connectivity index (χ4v) is 2.56. The third-order valence-corrected chi connectivity index (χ3v) is 4.11. The molecule has 0 spiro atoms. The molecule has 7 nitrogen and oxygen atoms in total. The van der Waals surface area contributed by atoms with E-state index in [1.54, 1.807) is 18.5 Å². The zero-order chi connectivity index (χ0) is 21.3. The molecule has 0 saturated carbocycles. The highest BCUT2D eigenvalue weighted by Crippen LogP contribution is 2.29. The maximum absolute atomic E-state index is 12.3. The van der Waals surface area contributed by atoms with Gasteiger partial charge in [-0.05, 0) is 36.7 Å². The smallest absolute Gasteiger partial charge is 0.397 e. The molecule has 158 valence electrons. The number of hydrazine groups is 1. The molecule has 1 fully saturated rings. The van der Waals surface area contributed by atoms with E-state index in [4.69, 9.17) is 22.0 Å². The molecule has 1 saturated heterocycles. The van der Waals surface area contributed by atoms with Gasteiger partial charge >= 0.3 is 6.18 Å². The van der Waals surface area contributed by atoms with Gasteiger partial charge in [0.25, 0.3) is 0 Å². The van der Waals surface area contributed by atoms with Gasteiger partial charge in [0.15, 0.2) is 0 Å². The van der Waals surface area contributed by atoms with Crippen LogP contribution in [0, 0.1) is 0 Å². The Hall–Kier alpha value is -2.82. The second-order valence-corrected chi connectivity index (χ2v) is 6.39. The number of hydrogen-bond acceptors (Lipinski definition) is 7. The molecule has 1 unspecified atom stereocenters. The number of anilines is 1. The zero-order valence-corrected chi connectivity index (χ0v) is 15.7. The lowest BCUT2D eigenvalue weighted by Gasteiger charge is -2.11. The van der Waals surface area contributed by atoms with E-state index < -0.39 is 11.7 Å². The van der Waals surface area contributed by atoms with Gasteiger partial charge in [-0.25, -0.2) is 0 Å². The number of hydrogen-bond donors (Lipinski definition) is 5. The number of nitrogens with one attached hydrogen (secondary N) is 2. The van der Waals surface area contributed by atoms with Gasteiger partial charge in [0.2, 0.25) is 0 Å². The second-order valence-electron chi connectivity index (χ2n) is 6.39. The van der Waals surface area contributed by atoms with Crippen LogP contribution in [0.5, 0.6) is 0 Å². The monoisotopic (exact) mass is 410 g/mol. The SMILES string of the molecule is FC(F)(F)c1ccc(COC2CCNC2)cc1.NN/C=C(\N)c1cncc(N)c1. The van der Waals surface area contributed by atoms with Gasteiger partial charge in [0.1, 0.15) is 0 Å². The van der Waals surface area contributed by atoms with Crippen molar-refractivity contribution >= 4 is 11.4 Å². The number of aromatic nitrogens is 1. The maximum Gasteiger partial charge on any atom is 0.416 e. The molecule has 0 bridgehead atoms. The second kappa shape index (κ2) is 10.6. The molecular formula is C19H25F3N6O. The molecule has 8 N–H and O–H groups in total. The summed E-state index contributed by atoms with van der Waals surface area (Å²) in [6.45, 7) is 2.13. The fraction of sp³-hybridized carbons (Fsp3) is 0.316. The molecule has 2 heterocycles. The van der Waals surface area contributed by atoms with Crippen molar-refractivity contribution in [3.05, 3.63) is 65.6 Å². The molecule has 0 radical (unpaired) electrons. The molecule has 3 rings (SSSR count). The average molecular weight is 410 g/mol. The first kappa shape index (κ1) is 22.5. The van der Waals surface area contributed by atoms with Gasteiger partial charge in [0, 0.05) is 30.7 Å². The van der Waals surface area contributed by atoms with Crippen LogP contribution in [0.4, 0.5) is 18.9 Å². The summed E-state index contributed by atoms with van der Waals surface area (Å²) in [5.74, 6) is 5.05. The van der Waals surface area contributed by atoms with E-state index in [2.05, 4.69) is 15.7 Å². The molecule has 2 aromatic rings. The number of nitrogens with two attached hydrogens (primary N) is 3. The van der Waals surface area contributed by atoms with E-state index in [0.717, 1.165) is 42.8 Å². The quantitative estimate of drug-likeness (QED) is 0.377. The van der Waals surface area contributed by atoms with Crippen LogP contribution in [-0.4, -0.2) is 24.2 Å². The standard InChI is InChI=1S/C12H14F3NO.C7H11N5/c13-12(14,15)10-3-1-9(2-4-10)8-17-11-5-6-16-7-11;8-6-1-5(2-11-3-6)7(9)4-12-10/h1-4,11,16H,5-8H2;1-4,12H,8-10H2/b;7-4-. The lowest BCUT2D eigenvalue weighted by Crippen LogP contribution is -2.16. The molecule has 0 aliphatic carbocycles. The summed E-state index contributed by atoms with van der Waals surface area (Å²) in [5, 5.41) is 3.16. The summed E-state index contributed by atoms with van der Waals surface area (Å²) >= 11 is 0. The Kier molecular flexibility index (Phi) is 8.25. The maximum atomic E-state index is 12.3. The van der Waals surface area contributed by atoms with Crippen molar-refractivity contribution in [2.45, 2.75) is 25.3 Å². The third-order valence-electron chi connectivity index (χ3n) is 4.11. The van der Waals surface area contributed by atoms with Crippen molar-refractivity contribution in [1.82, 2.24) is 15.7 Å².